The van der Waals surface area contributed by atoms with Crippen LogP contribution in [-0.4, -0.2) is 62.7 Å². The Labute approximate surface area is 310 Å². The van der Waals surface area contributed by atoms with Crippen LogP contribution in [0.1, 0.15) is 90.2 Å². The molecule has 0 saturated heterocycles. The van der Waals surface area contributed by atoms with E-state index in [9.17, 15) is 41.1 Å². The third kappa shape index (κ3) is 10.6. The highest BCUT2D eigenvalue weighted by atomic mass is 32.2. The Morgan fingerprint density at radius 3 is 2.28 bits per heavy atom. The van der Waals surface area contributed by atoms with Crippen molar-refractivity contribution in [3.05, 3.63) is 59.7 Å². The molecule has 4 rings (SSSR count). The normalized spacial score (nSPS) is 28.6. The number of amides is 1. The molecule has 294 valence electrons. The predicted octanol–water partition coefficient (Wildman–Crippen LogP) is 6.88. The van der Waals surface area contributed by atoms with Gasteiger partial charge in [-0.05, 0) is 86.1 Å². The largest absolute Gasteiger partial charge is 0.471 e. The van der Waals surface area contributed by atoms with E-state index in [4.69, 9.17) is 8.92 Å². The van der Waals surface area contributed by atoms with Gasteiger partial charge in [0.05, 0.1) is 11.0 Å². The summed E-state index contributed by atoms with van der Waals surface area (Å²) in [4.78, 5) is 38.5. The van der Waals surface area contributed by atoms with E-state index >= 15 is 0 Å². The summed E-state index contributed by atoms with van der Waals surface area (Å²) in [6, 6.07) is 12.6. The van der Waals surface area contributed by atoms with E-state index in [0.29, 0.717) is 49.9 Å². The fourth-order valence-electron chi connectivity index (χ4n) is 8.05. The van der Waals surface area contributed by atoms with Crippen molar-refractivity contribution >= 4 is 33.5 Å². The summed E-state index contributed by atoms with van der Waals surface area (Å²) in [5, 5.41) is 17.1. The molecule has 2 aromatic carbocycles. The molecule has 2 aliphatic carbocycles. The molecular formula is C39H53F3N2O8S. The maximum absolute atomic E-state index is 13.8. The summed E-state index contributed by atoms with van der Waals surface area (Å²) in [7, 11) is -4.26. The van der Waals surface area contributed by atoms with Crippen LogP contribution in [0, 0.1) is 35.5 Å². The zero-order valence-corrected chi connectivity index (χ0v) is 31.9. The second kappa shape index (κ2) is 17.3. The Balaban J connectivity index is 1.57. The van der Waals surface area contributed by atoms with Gasteiger partial charge in [-0.3, -0.25) is 13.8 Å². The summed E-state index contributed by atoms with van der Waals surface area (Å²) >= 11 is 0. The maximum Gasteiger partial charge on any atom is 0.471 e. The first kappa shape index (κ1) is 42.3. The summed E-state index contributed by atoms with van der Waals surface area (Å²) in [6.07, 6.45) is -2.21. The number of aliphatic hydroxyl groups is 1. The van der Waals surface area contributed by atoms with Crippen molar-refractivity contribution in [2.45, 2.75) is 116 Å². The number of carbonyl (C=O) groups excluding carboxylic acids is 3. The third-order valence-electron chi connectivity index (χ3n) is 11.6. The molecule has 0 aliphatic heterocycles. The number of benzene rings is 2. The number of rotatable bonds is 11. The Hall–Kier alpha value is -3.49. The van der Waals surface area contributed by atoms with E-state index in [1.807, 2.05) is 33.0 Å². The number of Topliss-reactive ketones (excluding diaryl/α,β-unsaturated/α-hetero) is 1. The minimum Gasteiger partial charge on any atom is -0.460 e. The van der Waals surface area contributed by atoms with Crippen molar-refractivity contribution in [2.24, 2.45) is 28.6 Å². The fourth-order valence-corrected chi connectivity index (χ4v) is 8.91. The smallest absolute Gasteiger partial charge is 0.460 e. The van der Waals surface area contributed by atoms with Crippen molar-refractivity contribution in [3.8, 4) is 0 Å². The van der Waals surface area contributed by atoms with Gasteiger partial charge in [-0.25, -0.2) is 4.79 Å². The van der Waals surface area contributed by atoms with Crippen LogP contribution in [0.15, 0.2) is 53.4 Å². The lowest BCUT2D eigenvalue weighted by Gasteiger charge is -2.52. The monoisotopic (exact) mass is 766 g/mol. The second-order valence-corrected chi connectivity index (χ2v) is 17.1. The molecule has 2 saturated carbocycles. The summed E-state index contributed by atoms with van der Waals surface area (Å²) in [5.74, 6) is -3.42. The Kier molecular flexibility index (Phi) is 13.8. The van der Waals surface area contributed by atoms with Crippen LogP contribution in [0.2, 0.25) is 0 Å². The molecule has 2 aromatic rings. The SMILES string of the molecule is Cc1ccc(S(=O)(=O)OCC(=O)O[C@@H]2C[C@](C)(CCNc3ccc(CNC(=O)C(F)(F)F)cc3)[C@@H](O)[C@H](C)CCCC(=O)[C@@H]3CCC[C@@H](C)[C@@]23C)cc1. The van der Waals surface area contributed by atoms with Gasteiger partial charge in [0.25, 0.3) is 10.1 Å². The number of hydrogen-bond acceptors (Lipinski definition) is 9. The van der Waals surface area contributed by atoms with Crippen LogP contribution in [-0.2, 0) is 40.0 Å². The first-order chi connectivity index (χ1) is 24.8. The van der Waals surface area contributed by atoms with Gasteiger partial charge >= 0.3 is 18.1 Å². The van der Waals surface area contributed by atoms with E-state index in [2.05, 4.69) is 12.2 Å². The molecule has 53 heavy (non-hydrogen) atoms. The molecule has 0 aromatic heterocycles. The molecule has 1 amide bonds. The molecule has 3 N–H and O–H groups in total. The van der Waals surface area contributed by atoms with Gasteiger partial charge in [0, 0.05) is 36.5 Å². The van der Waals surface area contributed by atoms with E-state index in [1.54, 1.807) is 36.4 Å². The number of nitrogens with one attached hydrogen (secondary N) is 2. The standard InChI is InChI=1S/C39H53F3N2O8S/c1-25-12-18-30(19-13-25)53(49,50)51-24-34(46)52-33-22-37(4,20-21-43-29-16-14-28(15-17-29)23-44-36(48)39(40,41)42)35(47)26(2)8-6-11-32(45)31-10-7-9-27(3)38(31,33)5/h12-19,26-27,31,33,35,43,47H,6-11,20-24H2,1-5H3,(H,44,48)/t26-,27-,31+,33-,35+,37+,38-/m1/s1. The van der Waals surface area contributed by atoms with Crippen molar-refractivity contribution in [3.63, 3.8) is 0 Å². The van der Waals surface area contributed by atoms with Crippen molar-refractivity contribution in [1.29, 1.82) is 0 Å². The van der Waals surface area contributed by atoms with E-state index in [1.165, 1.54) is 12.1 Å². The average molecular weight is 767 g/mol. The van der Waals surface area contributed by atoms with Crippen LogP contribution in [0.4, 0.5) is 18.9 Å². The summed E-state index contributed by atoms with van der Waals surface area (Å²) < 4.78 is 74.9. The fraction of sp³-hybridized carbons (Fsp3) is 0.615. The van der Waals surface area contributed by atoms with Crippen molar-refractivity contribution in [2.75, 3.05) is 18.5 Å². The van der Waals surface area contributed by atoms with E-state index < -0.39 is 63.7 Å². The predicted molar refractivity (Wildman–Crippen MR) is 193 cm³/mol. The molecule has 2 aliphatic rings. The van der Waals surface area contributed by atoms with E-state index in [-0.39, 0.29) is 35.5 Å². The van der Waals surface area contributed by atoms with Crippen LogP contribution >= 0.6 is 0 Å². The number of ketones is 1. The zero-order valence-electron chi connectivity index (χ0n) is 31.1. The summed E-state index contributed by atoms with van der Waals surface area (Å²) in [5.41, 5.74) is 0.363. The molecule has 14 heteroatoms. The number of fused-ring (bicyclic) bond motifs is 1. The highest BCUT2D eigenvalue weighted by Crippen LogP contribution is 2.53. The molecule has 2 fully saturated rings. The Morgan fingerprint density at radius 1 is 0.981 bits per heavy atom. The second-order valence-electron chi connectivity index (χ2n) is 15.5. The molecule has 10 nitrogen and oxygen atoms in total. The highest BCUT2D eigenvalue weighted by Gasteiger charge is 2.54. The maximum atomic E-state index is 13.8. The molecule has 0 unspecified atom stereocenters. The minimum absolute atomic E-state index is 0.0302. The lowest BCUT2D eigenvalue weighted by atomic mass is 9.55. The third-order valence-corrected chi connectivity index (χ3v) is 12.9. The Bertz CT molecular complexity index is 1690. The van der Waals surface area contributed by atoms with Gasteiger partial charge < -0.3 is 20.5 Å². The van der Waals surface area contributed by atoms with Gasteiger partial charge in [-0.15, -0.1) is 0 Å². The molecule has 0 bridgehead atoms. The number of halogens is 3. The van der Waals surface area contributed by atoms with Gasteiger partial charge in [-0.2, -0.15) is 21.6 Å². The number of anilines is 1. The van der Waals surface area contributed by atoms with Gasteiger partial charge in [0.2, 0.25) is 0 Å². The first-order valence-electron chi connectivity index (χ1n) is 18.3. The van der Waals surface area contributed by atoms with E-state index in [0.717, 1.165) is 18.4 Å². The van der Waals surface area contributed by atoms with Crippen LogP contribution in [0.3, 0.4) is 0 Å². The van der Waals surface area contributed by atoms with Gasteiger partial charge in [-0.1, -0.05) is 70.4 Å². The van der Waals surface area contributed by atoms with Gasteiger partial charge in [0.15, 0.2) is 6.61 Å². The lowest BCUT2D eigenvalue weighted by molar-refractivity contribution is -0.178. The minimum atomic E-state index is -4.97. The van der Waals surface area contributed by atoms with Crippen molar-refractivity contribution < 1.29 is 50.0 Å². The molecule has 0 heterocycles. The number of hydrogen-bond donors (Lipinski definition) is 3. The number of aryl methyl sites for hydroxylation is 1. The molecule has 0 spiro atoms. The topological polar surface area (TPSA) is 148 Å². The van der Waals surface area contributed by atoms with Crippen molar-refractivity contribution in [1.82, 2.24) is 5.32 Å². The quantitative estimate of drug-likeness (QED) is 0.164. The first-order valence-corrected chi connectivity index (χ1v) is 19.7. The summed E-state index contributed by atoms with van der Waals surface area (Å²) in [6.45, 7) is 8.95. The molecule has 7 atom stereocenters. The number of esters is 1. The van der Waals surface area contributed by atoms with Crippen LogP contribution in [0.25, 0.3) is 0 Å². The average Bonchev–Trinajstić information content (AvgIpc) is 3.11. The molecule has 0 radical (unpaired) electrons. The van der Waals surface area contributed by atoms with Crippen LogP contribution in [0.5, 0.6) is 0 Å². The van der Waals surface area contributed by atoms with Crippen LogP contribution < -0.4 is 10.6 Å². The molecular weight excluding hydrogens is 713 g/mol. The number of carbonyl (C=O) groups is 3. The lowest BCUT2D eigenvalue weighted by Crippen LogP contribution is -2.54. The number of ether oxygens (including phenoxy) is 1. The number of alkyl halides is 3. The zero-order chi connectivity index (χ0) is 39.2. The van der Waals surface area contributed by atoms with Gasteiger partial charge in [0.1, 0.15) is 11.9 Å². The highest BCUT2D eigenvalue weighted by molar-refractivity contribution is 7.86. The number of aliphatic hydroxyl groups excluding tert-OH is 1. The Morgan fingerprint density at radius 2 is 1.64 bits per heavy atom.